The van der Waals surface area contributed by atoms with Crippen LogP contribution in [0, 0.1) is 11.3 Å². The van der Waals surface area contributed by atoms with Gasteiger partial charge < -0.3 is 20.1 Å². The van der Waals surface area contributed by atoms with Crippen molar-refractivity contribution in [2.45, 2.75) is 12.2 Å². The molecule has 0 aliphatic rings. The Labute approximate surface area is 173 Å². The van der Waals surface area contributed by atoms with Crippen molar-refractivity contribution in [1.82, 2.24) is 9.78 Å². The molecule has 160 valence electrons. The highest BCUT2D eigenvalue weighted by Gasteiger charge is 2.31. The number of ether oxygens (including phenoxy) is 2. The van der Waals surface area contributed by atoms with E-state index in [0.29, 0.717) is 17.2 Å². The standard InChI is InChI=1S/C18H21N5O6S/c1-11(18(25)22-17-12(8-19)9-20-23(17)2)30(26,27)10-16(24)21-13-5-6-14(28-3)15(7-13)29-4/h5-7,9,11H,10H2,1-4H3,(H,21,24)(H,22,25). The van der Waals surface area contributed by atoms with Gasteiger partial charge in [0.15, 0.2) is 21.3 Å². The molecule has 2 amide bonds. The molecule has 12 heteroatoms. The zero-order valence-corrected chi connectivity index (χ0v) is 17.6. The van der Waals surface area contributed by atoms with E-state index < -0.39 is 32.7 Å². The molecule has 2 aromatic rings. The van der Waals surface area contributed by atoms with E-state index in [0.717, 1.165) is 6.92 Å². The summed E-state index contributed by atoms with van der Waals surface area (Å²) in [5.41, 5.74) is 0.389. The normalized spacial score (nSPS) is 11.8. The highest BCUT2D eigenvalue weighted by molar-refractivity contribution is 7.93. The van der Waals surface area contributed by atoms with Crippen LogP contribution in [-0.4, -0.2) is 55.2 Å². The molecule has 0 bridgehead atoms. The number of hydrogen-bond donors (Lipinski definition) is 2. The lowest BCUT2D eigenvalue weighted by atomic mass is 10.2. The Morgan fingerprint density at radius 1 is 1.23 bits per heavy atom. The van der Waals surface area contributed by atoms with Gasteiger partial charge in [0.25, 0.3) is 0 Å². The molecule has 2 N–H and O–H groups in total. The molecule has 1 aromatic heterocycles. The van der Waals surface area contributed by atoms with Crippen molar-refractivity contribution in [2.75, 3.05) is 30.6 Å². The number of carbonyl (C=O) groups excluding carboxylic acids is 2. The van der Waals surface area contributed by atoms with E-state index >= 15 is 0 Å². The number of rotatable bonds is 8. The summed E-state index contributed by atoms with van der Waals surface area (Å²) < 4.78 is 36.5. The quantitative estimate of drug-likeness (QED) is 0.614. The van der Waals surface area contributed by atoms with Gasteiger partial charge in [0.1, 0.15) is 28.5 Å². The third-order valence-electron chi connectivity index (χ3n) is 4.21. The van der Waals surface area contributed by atoms with Crippen LogP contribution in [0.3, 0.4) is 0 Å². The summed E-state index contributed by atoms with van der Waals surface area (Å²) in [6.45, 7) is 1.16. The summed E-state index contributed by atoms with van der Waals surface area (Å²) in [4.78, 5) is 24.6. The van der Waals surface area contributed by atoms with Crippen LogP contribution >= 0.6 is 0 Å². The van der Waals surface area contributed by atoms with Gasteiger partial charge in [-0.2, -0.15) is 10.4 Å². The number of benzene rings is 1. The summed E-state index contributed by atoms with van der Waals surface area (Å²) in [5.74, 6) is -1.74. The van der Waals surface area contributed by atoms with Crippen molar-refractivity contribution < 1.29 is 27.5 Å². The van der Waals surface area contributed by atoms with Gasteiger partial charge in [-0.1, -0.05) is 0 Å². The third-order valence-corrected chi connectivity index (χ3v) is 6.16. The predicted molar refractivity (Wildman–Crippen MR) is 108 cm³/mol. The van der Waals surface area contributed by atoms with E-state index in [1.54, 1.807) is 6.07 Å². The molecule has 0 saturated heterocycles. The number of carbonyl (C=O) groups is 2. The van der Waals surface area contributed by atoms with E-state index in [1.807, 2.05) is 6.07 Å². The van der Waals surface area contributed by atoms with Gasteiger partial charge in [0, 0.05) is 18.8 Å². The highest BCUT2D eigenvalue weighted by atomic mass is 32.2. The molecule has 1 unspecified atom stereocenters. The lowest BCUT2D eigenvalue weighted by Crippen LogP contribution is -2.37. The van der Waals surface area contributed by atoms with Crippen LogP contribution in [0.2, 0.25) is 0 Å². The Bertz CT molecular complexity index is 1100. The van der Waals surface area contributed by atoms with Gasteiger partial charge >= 0.3 is 0 Å². The summed E-state index contributed by atoms with van der Waals surface area (Å²) in [7, 11) is 0.240. The number of aromatic nitrogens is 2. The molecule has 0 aliphatic carbocycles. The van der Waals surface area contributed by atoms with Crippen molar-refractivity contribution in [3.8, 4) is 17.6 Å². The van der Waals surface area contributed by atoms with E-state index in [-0.39, 0.29) is 11.4 Å². The van der Waals surface area contributed by atoms with E-state index in [4.69, 9.17) is 14.7 Å². The molecule has 0 aliphatic heterocycles. The Hall–Kier alpha value is -3.59. The second-order valence-electron chi connectivity index (χ2n) is 6.20. The molecule has 30 heavy (non-hydrogen) atoms. The Kier molecular flexibility index (Phi) is 7.01. The fourth-order valence-corrected chi connectivity index (χ4v) is 3.54. The summed E-state index contributed by atoms with van der Waals surface area (Å²) >= 11 is 0. The highest BCUT2D eigenvalue weighted by Crippen LogP contribution is 2.29. The Morgan fingerprint density at radius 2 is 1.90 bits per heavy atom. The van der Waals surface area contributed by atoms with Gasteiger partial charge in [-0.25, -0.2) is 8.42 Å². The summed E-state index contributed by atoms with van der Waals surface area (Å²) in [5, 5.41) is 16.1. The van der Waals surface area contributed by atoms with Crippen molar-refractivity contribution in [2.24, 2.45) is 7.05 Å². The number of nitriles is 1. The zero-order valence-electron chi connectivity index (χ0n) is 16.8. The van der Waals surface area contributed by atoms with E-state index in [1.165, 1.54) is 44.3 Å². The smallest absolute Gasteiger partial charge is 0.243 e. The second kappa shape index (κ2) is 9.27. The molecule has 2 rings (SSSR count). The second-order valence-corrected chi connectivity index (χ2v) is 8.52. The number of aryl methyl sites for hydroxylation is 1. The maximum atomic E-state index is 12.5. The monoisotopic (exact) mass is 435 g/mol. The fraction of sp³-hybridized carbons (Fsp3) is 0.333. The van der Waals surface area contributed by atoms with Gasteiger partial charge in [0.05, 0.1) is 20.4 Å². The number of nitrogens with zero attached hydrogens (tertiary/aromatic N) is 3. The minimum atomic E-state index is -4.14. The molecule has 1 aromatic carbocycles. The number of nitrogens with one attached hydrogen (secondary N) is 2. The average molecular weight is 435 g/mol. The number of anilines is 2. The van der Waals surface area contributed by atoms with Gasteiger partial charge in [0.2, 0.25) is 11.8 Å². The van der Waals surface area contributed by atoms with Crippen LogP contribution in [0.15, 0.2) is 24.4 Å². The SMILES string of the molecule is COc1ccc(NC(=O)CS(=O)(=O)C(C)C(=O)Nc2c(C#N)cnn2C)cc1OC. The Morgan fingerprint density at radius 3 is 2.50 bits per heavy atom. The van der Waals surface area contributed by atoms with Crippen LogP contribution in [0.4, 0.5) is 11.5 Å². The summed E-state index contributed by atoms with van der Waals surface area (Å²) in [6.07, 6.45) is 1.24. The van der Waals surface area contributed by atoms with Crippen molar-refractivity contribution >= 4 is 33.2 Å². The first-order valence-corrected chi connectivity index (χ1v) is 10.3. The maximum Gasteiger partial charge on any atom is 0.243 e. The molecule has 1 atom stereocenters. The molecule has 1 heterocycles. The first-order chi connectivity index (χ1) is 14.1. The maximum absolute atomic E-state index is 12.5. The lowest BCUT2D eigenvalue weighted by molar-refractivity contribution is -0.115. The molecule has 11 nitrogen and oxygen atoms in total. The van der Waals surface area contributed by atoms with Crippen molar-refractivity contribution in [3.63, 3.8) is 0 Å². The zero-order chi connectivity index (χ0) is 22.5. The van der Waals surface area contributed by atoms with E-state index in [9.17, 15) is 18.0 Å². The van der Waals surface area contributed by atoms with Crippen LogP contribution < -0.4 is 20.1 Å². The number of sulfone groups is 1. The largest absolute Gasteiger partial charge is 0.493 e. The first-order valence-electron chi connectivity index (χ1n) is 8.59. The topological polar surface area (TPSA) is 152 Å². The van der Waals surface area contributed by atoms with Crippen molar-refractivity contribution in [3.05, 3.63) is 30.0 Å². The van der Waals surface area contributed by atoms with E-state index in [2.05, 4.69) is 15.7 Å². The number of amides is 2. The van der Waals surface area contributed by atoms with Crippen LogP contribution in [0.5, 0.6) is 11.5 Å². The molecule has 0 saturated carbocycles. The summed E-state index contributed by atoms with van der Waals surface area (Å²) in [6, 6.07) is 6.40. The lowest BCUT2D eigenvalue weighted by Gasteiger charge is -2.14. The van der Waals surface area contributed by atoms with Crippen LogP contribution in [0.25, 0.3) is 0 Å². The van der Waals surface area contributed by atoms with Gasteiger partial charge in [-0.05, 0) is 19.1 Å². The first kappa shape index (κ1) is 22.7. The van der Waals surface area contributed by atoms with Crippen molar-refractivity contribution in [1.29, 1.82) is 5.26 Å². The third kappa shape index (κ3) is 5.06. The van der Waals surface area contributed by atoms with Crippen LogP contribution in [-0.2, 0) is 26.5 Å². The number of hydrogen-bond acceptors (Lipinski definition) is 8. The average Bonchev–Trinajstić information content (AvgIpc) is 3.06. The predicted octanol–water partition coefficient (Wildman–Crippen LogP) is 0.689. The van der Waals surface area contributed by atoms with Gasteiger partial charge in [-0.3, -0.25) is 14.3 Å². The fourth-order valence-electron chi connectivity index (χ4n) is 2.47. The molecule has 0 spiro atoms. The molecular formula is C18H21N5O6S. The minimum absolute atomic E-state index is 0.0688. The Balaban J connectivity index is 2.07. The molecule has 0 radical (unpaired) electrons. The molecule has 0 fully saturated rings. The van der Waals surface area contributed by atoms with Crippen LogP contribution in [0.1, 0.15) is 12.5 Å². The number of methoxy groups -OCH3 is 2. The molecular weight excluding hydrogens is 414 g/mol. The minimum Gasteiger partial charge on any atom is -0.493 e. The van der Waals surface area contributed by atoms with Gasteiger partial charge in [-0.15, -0.1) is 0 Å².